The van der Waals surface area contributed by atoms with Crippen molar-refractivity contribution in [3.63, 3.8) is 0 Å². The van der Waals surface area contributed by atoms with Crippen molar-refractivity contribution < 1.29 is 9.47 Å². The predicted octanol–water partition coefficient (Wildman–Crippen LogP) is 3.45. The lowest BCUT2D eigenvalue weighted by Gasteiger charge is -2.17. The zero-order valence-corrected chi connectivity index (χ0v) is 16.4. The van der Waals surface area contributed by atoms with Crippen molar-refractivity contribution in [2.24, 2.45) is 0 Å². The van der Waals surface area contributed by atoms with E-state index in [1.807, 2.05) is 22.8 Å². The summed E-state index contributed by atoms with van der Waals surface area (Å²) in [7, 11) is 1.66. The molecule has 1 fully saturated rings. The molecule has 1 aliphatic rings. The lowest BCUT2D eigenvalue weighted by atomic mass is 10.2. The third kappa shape index (κ3) is 3.74. The van der Waals surface area contributed by atoms with E-state index < -0.39 is 0 Å². The summed E-state index contributed by atoms with van der Waals surface area (Å²) in [5.41, 5.74) is 1.86. The van der Waals surface area contributed by atoms with Gasteiger partial charge < -0.3 is 19.0 Å². The van der Waals surface area contributed by atoms with Crippen molar-refractivity contribution in [2.75, 3.05) is 7.11 Å². The SMILES string of the molecule is CCCc1nc2c([nH]1)c(=O)ncn2Cc1ccc(OC)c(OC2CCCC2)c1. The highest BCUT2D eigenvalue weighted by Gasteiger charge is 2.19. The van der Waals surface area contributed by atoms with E-state index in [4.69, 9.17) is 9.47 Å². The van der Waals surface area contributed by atoms with Crippen LogP contribution in [0.15, 0.2) is 29.3 Å². The third-order valence-electron chi connectivity index (χ3n) is 5.20. The van der Waals surface area contributed by atoms with Gasteiger partial charge in [0.05, 0.1) is 19.8 Å². The van der Waals surface area contributed by atoms with Crippen molar-refractivity contribution in [3.8, 4) is 11.5 Å². The van der Waals surface area contributed by atoms with Gasteiger partial charge in [0.2, 0.25) is 0 Å². The maximum atomic E-state index is 12.1. The molecule has 1 aromatic carbocycles. The van der Waals surface area contributed by atoms with Crippen LogP contribution in [0, 0.1) is 0 Å². The number of benzene rings is 1. The molecule has 0 amide bonds. The van der Waals surface area contributed by atoms with Crippen LogP contribution in [0.4, 0.5) is 0 Å². The molecule has 7 heteroatoms. The lowest BCUT2D eigenvalue weighted by molar-refractivity contribution is 0.200. The third-order valence-corrected chi connectivity index (χ3v) is 5.20. The van der Waals surface area contributed by atoms with Crippen LogP contribution in [0.1, 0.15) is 50.4 Å². The minimum Gasteiger partial charge on any atom is -0.493 e. The first-order chi connectivity index (χ1) is 13.7. The molecule has 28 heavy (non-hydrogen) atoms. The molecule has 1 N–H and O–H groups in total. The largest absolute Gasteiger partial charge is 0.493 e. The van der Waals surface area contributed by atoms with Crippen molar-refractivity contribution in [3.05, 3.63) is 46.3 Å². The summed E-state index contributed by atoms with van der Waals surface area (Å²) >= 11 is 0. The zero-order valence-electron chi connectivity index (χ0n) is 16.4. The second-order valence-electron chi connectivity index (χ2n) is 7.32. The van der Waals surface area contributed by atoms with Crippen LogP contribution in [0.2, 0.25) is 0 Å². The molecule has 1 saturated carbocycles. The number of imidazole rings is 1. The monoisotopic (exact) mass is 382 g/mol. The van der Waals surface area contributed by atoms with E-state index in [-0.39, 0.29) is 11.7 Å². The Morgan fingerprint density at radius 1 is 1.25 bits per heavy atom. The van der Waals surface area contributed by atoms with E-state index >= 15 is 0 Å². The summed E-state index contributed by atoms with van der Waals surface area (Å²) in [6, 6.07) is 5.95. The maximum Gasteiger partial charge on any atom is 0.298 e. The quantitative estimate of drug-likeness (QED) is 0.677. The lowest BCUT2D eigenvalue weighted by Crippen LogP contribution is -2.14. The minimum absolute atomic E-state index is 0.257. The van der Waals surface area contributed by atoms with Gasteiger partial charge in [0.15, 0.2) is 22.7 Å². The number of H-pyrrole nitrogens is 1. The summed E-state index contributed by atoms with van der Waals surface area (Å²) in [5.74, 6) is 2.33. The molecule has 1 aliphatic carbocycles. The molecule has 0 bridgehead atoms. The Kier molecular flexibility index (Phi) is 5.32. The highest BCUT2D eigenvalue weighted by atomic mass is 16.5. The number of aromatic nitrogens is 4. The second-order valence-corrected chi connectivity index (χ2v) is 7.32. The Bertz CT molecular complexity index is 1020. The fourth-order valence-corrected chi connectivity index (χ4v) is 3.78. The number of methoxy groups -OCH3 is 1. The number of hydrogen-bond acceptors (Lipinski definition) is 5. The van der Waals surface area contributed by atoms with Crippen molar-refractivity contribution in [1.29, 1.82) is 0 Å². The van der Waals surface area contributed by atoms with Crippen LogP contribution in [-0.2, 0) is 13.0 Å². The van der Waals surface area contributed by atoms with Gasteiger partial charge in [0, 0.05) is 6.42 Å². The molecule has 0 atom stereocenters. The predicted molar refractivity (Wildman–Crippen MR) is 107 cm³/mol. The fourth-order valence-electron chi connectivity index (χ4n) is 3.78. The molecule has 0 radical (unpaired) electrons. The molecule has 148 valence electrons. The van der Waals surface area contributed by atoms with Gasteiger partial charge in [-0.3, -0.25) is 4.79 Å². The number of nitrogens with one attached hydrogen (secondary N) is 1. The molecule has 7 nitrogen and oxygen atoms in total. The number of aryl methyl sites for hydroxylation is 1. The molecular formula is C21H26N4O3. The van der Waals surface area contributed by atoms with Gasteiger partial charge >= 0.3 is 0 Å². The minimum atomic E-state index is -0.277. The Labute approximate surface area is 163 Å². The summed E-state index contributed by atoms with van der Waals surface area (Å²) in [6.45, 7) is 2.63. The van der Waals surface area contributed by atoms with E-state index in [1.54, 1.807) is 13.4 Å². The fraction of sp³-hybridized carbons (Fsp3) is 0.476. The first kappa shape index (κ1) is 18.5. The van der Waals surface area contributed by atoms with E-state index in [9.17, 15) is 4.79 Å². The van der Waals surface area contributed by atoms with E-state index in [0.29, 0.717) is 17.7 Å². The van der Waals surface area contributed by atoms with Gasteiger partial charge in [-0.25, -0.2) is 4.98 Å². The standard InChI is InChI=1S/C21H26N4O3/c1-3-6-18-23-19-20(24-18)25(13-22-21(19)26)12-14-9-10-16(27-2)17(11-14)28-15-7-4-5-8-15/h9-11,13,15H,3-8,12H2,1-2H3,(H,23,24). The molecule has 2 heterocycles. The summed E-state index contributed by atoms with van der Waals surface area (Å²) in [4.78, 5) is 23.8. The van der Waals surface area contributed by atoms with Gasteiger partial charge in [-0.2, -0.15) is 4.98 Å². The molecule has 0 spiro atoms. The number of hydrogen-bond donors (Lipinski definition) is 1. The van der Waals surface area contributed by atoms with Crippen LogP contribution in [0.3, 0.4) is 0 Å². The van der Waals surface area contributed by atoms with Crippen molar-refractivity contribution in [2.45, 2.75) is 58.1 Å². The number of aromatic amines is 1. The Hall–Kier alpha value is -2.83. The van der Waals surface area contributed by atoms with E-state index in [2.05, 4.69) is 21.9 Å². The van der Waals surface area contributed by atoms with E-state index in [1.165, 1.54) is 12.8 Å². The average Bonchev–Trinajstić information content (AvgIpc) is 3.35. The zero-order chi connectivity index (χ0) is 19.5. The highest BCUT2D eigenvalue weighted by molar-refractivity contribution is 5.69. The average molecular weight is 382 g/mol. The molecular weight excluding hydrogens is 356 g/mol. The Balaban J connectivity index is 1.65. The number of ether oxygens (including phenoxy) is 2. The molecule has 0 aliphatic heterocycles. The van der Waals surface area contributed by atoms with Crippen LogP contribution in [0.5, 0.6) is 11.5 Å². The first-order valence-corrected chi connectivity index (χ1v) is 9.95. The molecule has 0 saturated heterocycles. The number of nitrogens with zero attached hydrogens (tertiary/aromatic N) is 3. The normalized spacial score (nSPS) is 14.6. The van der Waals surface area contributed by atoms with Crippen LogP contribution in [0.25, 0.3) is 11.2 Å². The number of rotatable bonds is 7. The van der Waals surface area contributed by atoms with Crippen LogP contribution in [-0.4, -0.2) is 32.7 Å². The molecule has 0 unspecified atom stereocenters. The molecule has 2 aromatic heterocycles. The Morgan fingerprint density at radius 3 is 2.82 bits per heavy atom. The van der Waals surface area contributed by atoms with Crippen LogP contribution >= 0.6 is 0 Å². The molecule has 3 aromatic rings. The van der Waals surface area contributed by atoms with Gasteiger partial charge in [-0.1, -0.05) is 13.0 Å². The topological polar surface area (TPSA) is 82.0 Å². The van der Waals surface area contributed by atoms with Gasteiger partial charge in [0.25, 0.3) is 5.56 Å². The summed E-state index contributed by atoms with van der Waals surface area (Å²) in [5, 5.41) is 0. The summed E-state index contributed by atoms with van der Waals surface area (Å²) < 4.78 is 13.6. The van der Waals surface area contributed by atoms with Gasteiger partial charge in [-0.15, -0.1) is 0 Å². The molecule has 4 rings (SSSR count). The van der Waals surface area contributed by atoms with Crippen LogP contribution < -0.4 is 15.0 Å². The Morgan fingerprint density at radius 2 is 2.07 bits per heavy atom. The van der Waals surface area contributed by atoms with Crippen molar-refractivity contribution in [1.82, 2.24) is 19.5 Å². The van der Waals surface area contributed by atoms with Gasteiger partial charge in [0.1, 0.15) is 12.2 Å². The van der Waals surface area contributed by atoms with Gasteiger partial charge in [-0.05, 0) is 49.8 Å². The summed E-state index contributed by atoms with van der Waals surface area (Å²) in [6.07, 6.45) is 8.18. The van der Waals surface area contributed by atoms with Crippen molar-refractivity contribution >= 4 is 11.2 Å². The first-order valence-electron chi connectivity index (χ1n) is 9.95. The van der Waals surface area contributed by atoms with E-state index in [0.717, 1.165) is 48.6 Å². The second kappa shape index (κ2) is 8.04. The smallest absolute Gasteiger partial charge is 0.298 e. The number of fused-ring (bicyclic) bond motifs is 1. The highest BCUT2D eigenvalue weighted by Crippen LogP contribution is 2.32. The maximum absolute atomic E-state index is 12.1.